The molecule has 15 heavy (non-hydrogen) atoms. The molecule has 0 heterocycles. The van der Waals surface area contributed by atoms with E-state index in [9.17, 15) is 9.90 Å². The first-order valence-electron chi connectivity index (χ1n) is 5.22. The van der Waals surface area contributed by atoms with Gasteiger partial charge in [-0.15, -0.1) is 0 Å². The molecule has 0 saturated heterocycles. The van der Waals surface area contributed by atoms with Crippen LogP contribution >= 0.6 is 0 Å². The zero-order valence-corrected chi connectivity index (χ0v) is 10.1. The summed E-state index contributed by atoms with van der Waals surface area (Å²) >= 11 is 0. The van der Waals surface area contributed by atoms with E-state index in [1.54, 1.807) is 0 Å². The molecule has 0 amide bonds. The normalized spacial score (nSPS) is 27.1. The van der Waals surface area contributed by atoms with Gasteiger partial charge in [0.15, 0.2) is 5.60 Å². The average molecular weight is 215 g/mol. The van der Waals surface area contributed by atoms with Crippen molar-refractivity contribution in [2.75, 3.05) is 6.54 Å². The van der Waals surface area contributed by atoms with E-state index in [0.29, 0.717) is 0 Å². The van der Waals surface area contributed by atoms with E-state index in [0.717, 1.165) is 0 Å². The fraction of sp³-hybridized carbons (Fsp3) is 0.909. The smallest absolute Gasteiger partial charge is 0.336 e. The maximum atomic E-state index is 10.7. The maximum Gasteiger partial charge on any atom is 0.336 e. The zero-order valence-electron chi connectivity index (χ0n) is 10.1. The van der Waals surface area contributed by atoms with Crippen molar-refractivity contribution in [3.63, 3.8) is 0 Å². The average Bonchev–Trinajstić information content (AvgIpc) is 2.40. The van der Waals surface area contributed by atoms with Crippen LogP contribution in [0.4, 0.5) is 0 Å². The van der Waals surface area contributed by atoms with Gasteiger partial charge in [-0.2, -0.15) is 0 Å². The van der Waals surface area contributed by atoms with Crippen LogP contribution in [0.15, 0.2) is 0 Å². The highest BCUT2D eigenvalue weighted by molar-refractivity contribution is 5.76. The molecule has 4 heteroatoms. The summed E-state index contributed by atoms with van der Waals surface area (Å²) in [4.78, 5) is 10.7. The van der Waals surface area contributed by atoms with E-state index in [1.165, 1.54) is 6.92 Å². The molecule has 0 aliphatic heterocycles. The van der Waals surface area contributed by atoms with Gasteiger partial charge in [-0.25, -0.2) is 4.79 Å². The Hall–Kier alpha value is -0.610. The first kappa shape index (κ1) is 12.5. The molecular weight excluding hydrogens is 194 g/mol. The lowest BCUT2D eigenvalue weighted by Gasteiger charge is -2.19. The van der Waals surface area contributed by atoms with E-state index in [2.05, 4.69) is 33.0 Å². The van der Waals surface area contributed by atoms with E-state index < -0.39 is 11.6 Å². The summed E-state index contributed by atoms with van der Waals surface area (Å²) in [6.45, 7) is 9.95. The highest BCUT2D eigenvalue weighted by Crippen LogP contribution is 2.62. The Kier molecular flexibility index (Phi) is 2.65. The number of carbonyl (C=O) groups is 1. The third-order valence-corrected chi connectivity index (χ3v) is 4.13. The summed E-state index contributed by atoms with van der Waals surface area (Å²) in [5.74, 6) is -1.19. The Labute approximate surface area is 90.7 Å². The lowest BCUT2D eigenvalue weighted by atomic mass is 10.0. The topological polar surface area (TPSA) is 69.6 Å². The van der Waals surface area contributed by atoms with Crippen molar-refractivity contribution in [3.05, 3.63) is 0 Å². The summed E-state index contributed by atoms with van der Waals surface area (Å²) in [7, 11) is 0. The van der Waals surface area contributed by atoms with Gasteiger partial charge in [0.1, 0.15) is 0 Å². The molecule has 1 aliphatic rings. The van der Waals surface area contributed by atoms with Crippen LogP contribution in [0.5, 0.6) is 0 Å². The van der Waals surface area contributed by atoms with Gasteiger partial charge in [-0.3, -0.25) is 0 Å². The first-order valence-corrected chi connectivity index (χ1v) is 5.22. The molecule has 3 N–H and O–H groups in total. The van der Waals surface area contributed by atoms with Gasteiger partial charge in [0.2, 0.25) is 0 Å². The second-order valence-electron chi connectivity index (χ2n) is 5.84. The van der Waals surface area contributed by atoms with Crippen molar-refractivity contribution in [3.8, 4) is 0 Å². The quantitative estimate of drug-likeness (QED) is 0.650. The van der Waals surface area contributed by atoms with Gasteiger partial charge in [-0.1, -0.05) is 27.7 Å². The Balaban J connectivity index is 2.51. The molecule has 1 atom stereocenters. The summed E-state index contributed by atoms with van der Waals surface area (Å²) < 4.78 is 0. The number of aliphatic carboxylic acids is 1. The molecule has 88 valence electrons. The Bertz CT molecular complexity index is 268. The van der Waals surface area contributed by atoms with E-state index in [1.807, 2.05) is 0 Å². The molecule has 1 aliphatic carbocycles. The van der Waals surface area contributed by atoms with Crippen molar-refractivity contribution in [1.82, 2.24) is 5.32 Å². The van der Waals surface area contributed by atoms with Crippen molar-refractivity contribution < 1.29 is 15.0 Å². The SMILES string of the molecule is CC(O)(CNC1C(C)(C)C1(C)C)C(=O)O. The maximum absolute atomic E-state index is 10.7. The van der Waals surface area contributed by atoms with E-state index in [-0.39, 0.29) is 23.4 Å². The summed E-state index contributed by atoms with van der Waals surface area (Å²) in [6.07, 6.45) is 0. The van der Waals surface area contributed by atoms with Crippen LogP contribution < -0.4 is 5.32 Å². The van der Waals surface area contributed by atoms with Gasteiger partial charge >= 0.3 is 5.97 Å². The van der Waals surface area contributed by atoms with E-state index in [4.69, 9.17) is 5.11 Å². The van der Waals surface area contributed by atoms with Crippen molar-refractivity contribution in [1.29, 1.82) is 0 Å². The molecule has 1 rings (SSSR count). The predicted octanol–water partition coefficient (Wildman–Crippen LogP) is 0.846. The van der Waals surface area contributed by atoms with Gasteiger partial charge in [0, 0.05) is 12.6 Å². The lowest BCUT2D eigenvalue weighted by molar-refractivity contribution is -0.156. The minimum absolute atomic E-state index is 0.0832. The molecule has 0 aromatic rings. The minimum atomic E-state index is -1.69. The molecule has 0 aromatic carbocycles. The minimum Gasteiger partial charge on any atom is -0.479 e. The molecule has 0 spiro atoms. The second kappa shape index (κ2) is 3.19. The molecule has 0 bridgehead atoms. The van der Waals surface area contributed by atoms with Crippen LogP contribution in [-0.2, 0) is 4.79 Å². The van der Waals surface area contributed by atoms with Crippen molar-refractivity contribution >= 4 is 5.97 Å². The number of rotatable bonds is 4. The van der Waals surface area contributed by atoms with Crippen molar-refractivity contribution in [2.45, 2.75) is 46.3 Å². The number of nitrogens with one attached hydrogen (secondary N) is 1. The number of carboxylic acid groups (broad SMARTS) is 1. The van der Waals surface area contributed by atoms with Gasteiger partial charge < -0.3 is 15.5 Å². The highest BCUT2D eigenvalue weighted by atomic mass is 16.4. The zero-order chi connectivity index (χ0) is 12.1. The van der Waals surface area contributed by atoms with Crippen LogP contribution in [0.25, 0.3) is 0 Å². The Morgan fingerprint density at radius 3 is 2.00 bits per heavy atom. The molecule has 4 nitrogen and oxygen atoms in total. The second-order valence-corrected chi connectivity index (χ2v) is 5.84. The largest absolute Gasteiger partial charge is 0.479 e. The molecule has 1 saturated carbocycles. The molecule has 1 unspecified atom stereocenters. The molecule has 1 fully saturated rings. The fourth-order valence-corrected chi connectivity index (χ4v) is 2.08. The third-order valence-electron chi connectivity index (χ3n) is 4.13. The molecule has 0 aromatic heterocycles. The predicted molar refractivity (Wildman–Crippen MR) is 57.6 cm³/mol. The first-order chi connectivity index (χ1) is 6.53. The van der Waals surface area contributed by atoms with Gasteiger partial charge in [0.05, 0.1) is 0 Å². The number of aliphatic hydroxyl groups is 1. The van der Waals surface area contributed by atoms with Crippen LogP contribution in [0.2, 0.25) is 0 Å². The summed E-state index contributed by atoms with van der Waals surface area (Å²) in [6, 6.07) is 0.260. The monoisotopic (exact) mass is 215 g/mol. The van der Waals surface area contributed by atoms with Gasteiger partial charge in [0.25, 0.3) is 0 Å². The van der Waals surface area contributed by atoms with Crippen LogP contribution in [0.3, 0.4) is 0 Å². The number of hydrogen-bond acceptors (Lipinski definition) is 3. The van der Waals surface area contributed by atoms with Crippen LogP contribution in [0, 0.1) is 10.8 Å². The highest BCUT2D eigenvalue weighted by Gasteiger charge is 2.64. The summed E-state index contributed by atoms with van der Waals surface area (Å²) in [5, 5.41) is 21.4. The Morgan fingerprint density at radius 2 is 1.73 bits per heavy atom. The number of carboxylic acids is 1. The Morgan fingerprint density at radius 1 is 1.33 bits per heavy atom. The fourth-order valence-electron chi connectivity index (χ4n) is 2.08. The van der Waals surface area contributed by atoms with E-state index >= 15 is 0 Å². The lowest BCUT2D eigenvalue weighted by Crippen LogP contribution is -2.46. The van der Waals surface area contributed by atoms with Crippen molar-refractivity contribution in [2.24, 2.45) is 10.8 Å². The standard InChI is InChI=1S/C11H21NO3/c1-9(2)7(10(9,3)4)12-6-11(5,15)8(13)14/h7,12,15H,6H2,1-5H3,(H,13,14). The number of hydrogen-bond donors (Lipinski definition) is 3. The van der Waals surface area contributed by atoms with Crippen LogP contribution in [-0.4, -0.2) is 34.4 Å². The molecular formula is C11H21NO3. The molecule has 0 radical (unpaired) electrons. The van der Waals surface area contributed by atoms with Crippen LogP contribution in [0.1, 0.15) is 34.6 Å². The third kappa shape index (κ3) is 1.88. The summed E-state index contributed by atoms with van der Waals surface area (Å²) in [5.41, 5.74) is -1.38. The van der Waals surface area contributed by atoms with Gasteiger partial charge in [-0.05, 0) is 17.8 Å².